The smallest absolute Gasteiger partial charge is 0.236 e. The number of nitrogens with zero attached hydrogens (tertiary/aromatic N) is 1. The van der Waals surface area contributed by atoms with Crippen LogP contribution in [0.5, 0.6) is 11.5 Å². The van der Waals surface area contributed by atoms with Gasteiger partial charge >= 0.3 is 0 Å². The topological polar surface area (TPSA) is 50.8 Å². The zero-order valence-corrected chi connectivity index (χ0v) is 12.5. The van der Waals surface area contributed by atoms with Crippen molar-refractivity contribution in [2.24, 2.45) is 0 Å². The summed E-state index contributed by atoms with van der Waals surface area (Å²) in [5.41, 5.74) is 0. The maximum atomic E-state index is 11.7. The fourth-order valence-electron chi connectivity index (χ4n) is 1.60. The third-order valence-electron chi connectivity index (χ3n) is 2.88. The third kappa shape index (κ3) is 5.93. The summed E-state index contributed by atoms with van der Waals surface area (Å²) in [6, 6.07) is 7.39. The van der Waals surface area contributed by atoms with E-state index in [1.165, 1.54) is 0 Å². The first-order valence-electron chi connectivity index (χ1n) is 6.89. The van der Waals surface area contributed by atoms with Gasteiger partial charge < -0.3 is 19.7 Å². The van der Waals surface area contributed by atoms with Crippen LogP contribution in [0.1, 0.15) is 13.3 Å². The van der Waals surface area contributed by atoms with Crippen molar-refractivity contribution in [1.29, 1.82) is 0 Å². The molecule has 20 heavy (non-hydrogen) atoms. The van der Waals surface area contributed by atoms with E-state index in [0.29, 0.717) is 19.7 Å². The molecule has 1 aromatic rings. The first-order valence-corrected chi connectivity index (χ1v) is 6.89. The normalized spacial score (nSPS) is 10.2. The van der Waals surface area contributed by atoms with Gasteiger partial charge in [0.25, 0.3) is 0 Å². The molecule has 0 saturated heterocycles. The zero-order chi connectivity index (χ0) is 14.8. The maximum Gasteiger partial charge on any atom is 0.236 e. The molecule has 1 aromatic carbocycles. The minimum Gasteiger partial charge on any atom is -0.497 e. The van der Waals surface area contributed by atoms with Crippen molar-refractivity contribution in [2.75, 3.05) is 40.4 Å². The third-order valence-corrected chi connectivity index (χ3v) is 2.88. The van der Waals surface area contributed by atoms with Crippen molar-refractivity contribution < 1.29 is 14.3 Å². The number of hydrogen-bond donors (Lipinski definition) is 1. The minimum absolute atomic E-state index is 0.0804. The van der Waals surface area contributed by atoms with Gasteiger partial charge in [-0.3, -0.25) is 4.79 Å². The molecule has 112 valence electrons. The lowest BCUT2D eigenvalue weighted by Gasteiger charge is -2.17. The van der Waals surface area contributed by atoms with Crippen molar-refractivity contribution in [3.05, 3.63) is 24.3 Å². The van der Waals surface area contributed by atoms with Gasteiger partial charge in [-0.15, -0.1) is 0 Å². The summed E-state index contributed by atoms with van der Waals surface area (Å²) in [5, 5.41) is 3.09. The van der Waals surface area contributed by atoms with Crippen LogP contribution in [0.15, 0.2) is 24.3 Å². The largest absolute Gasteiger partial charge is 0.497 e. The number of methoxy groups -OCH3 is 1. The molecule has 0 spiro atoms. The molecule has 0 heterocycles. The summed E-state index contributed by atoms with van der Waals surface area (Å²) in [6.45, 7) is 4.36. The van der Waals surface area contributed by atoms with Gasteiger partial charge in [-0.25, -0.2) is 0 Å². The van der Waals surface area contributed by atoms with Gasteiger partial charge in [0.2, 0.25) is 5.91 Å². The number of ether oxygens (including phenoxy) is 2. The monoisotopic (exact) mass is 280 g/mol. The minimum atomic E-state index is 0.0804. The van der Waals surface area contributed by atoms with E-state index in [2.05, 4.69) is 12.2 Å². The molecule has 0 aromatic heterocycles. The predicted octanol–water partition coefficient (Wildman–Crippen LogP) is 1.53. The van der Waals surface area contributed by atoms with Crippen molar-refractivity contribution >= 4 is 5.91 Å². The number of rotatable bonds is 9. The van der Waals surface area contributed by atoms with Gasteiger partial charge in [-0.05, 0) is 37.2 Å². The number of benzene rings is 1. The highest BCUT2D eigenvalue weighted by molar-refractivity contribution is 5.77. The van der Waals surface area contributed by atoms with Crippen molar-refractivity contribution in [2.45, 2.75) is 13.3 Å². The number of amides is 1. The lowest BCUT2D eigenvalue weighted by atomic mass is 10.3. The van der Waals surface area contributed by atoms with E-state index in [0.717, 1.165) is 24.5 Å². The van der Waals surface area contributed by atoms with E-state index in [4.69, 9.17) is 9.47 Å². The molecule has 0 unspecified atom stereocenters. The number of likely N-dealkylation sites (N-methyl/N-ethyl adjacent to an activating group) is 1. The average Bonchev–Trinajstić information content (AvgIpc) is 2.48. The molecule has 0 radical (unpaired) electrons. The molecule has 0 atom stereocenters. The summed E-state index contributed by atoms with van der Waals surface area (Å²) in [6.07, 6.45) is 1.03. The molecular weight excluding hydrogens is 256 g/mol. The molecule has 0 saturated carbocycles. The molecule has 0 bridgehead atoms. The number of carbonyl (C=O) groups excluding carboxylic acids is 1. The van der Waals surface area contributed by atoms with Gasteiger partial charge in [0.1, 0.15) is 18.1 Å². The molecule has 0 aliphatic rings. The Morgan fingerprint density at radius 1 is 1.25 bits per heavy atom. The number of hydrogen-bond acceptors (Lipinski definition) is 4. The maximum absolute atomic E-state index is 11.7. The predicted molar refractivity (Wildman–Crippen MR) is 79.3 cm³/mol. The second kappa shape index (κ2) is 9.20. The molecular formula is C15H24N2O3. The van der Waals surface area contributed by atoms with Crippen molar-refractivity contribution in [3.63, 3.8) is 0 Å². The van der Waals surface area contributed by atoms with Gasteiger partial charge in [-0.2, -0.15) is 0 Å². The Kier molecular flexibility index (Phi) is 7.50. The Morgan fingerprint density at radius 2 is 1.90 bits per heavy atom. The highest BCUT2D eigenvalue weighted by Gasteiger charge is 2.07. The summed E-state index contributed by atoms with van der Waals surface area (Å²) >= 11 is 0. The summed E-state index contributed by atoms with van der Waals surface area (Å²) in [4.78, 5) is 13.4. The lowest BCUT2D eigenvalue weighted by Crippen LogP contribution is -2.37. The molecule has 0 aliphatic carbocycles. The molecule has 0 aliphatic heterocycles. The summed E-state index contributed by atoms with van der Waals surface area (Å²) < 4.78 is 10.7. The van der Waals surface area contributed by atoms with Gasteiger partial charge in [-0.1, -0.05) is 6.92 Å². The Hall–Kier alpha value is -1.75. The van der Waals surface area contributed by atoms with Crippen LogP contribution in [0.3, 0.4) is 0 Å². The summed E-state index contributed by atoms with van der Waals surface area (Å²) in [7, 11) is 3.41. The van der Waals surface area contributed by atoms with Crippen LogP contribution >= 0.6 is 0 Å². The highest BCUT2D eigenvalue weighted by atomic mass is 16.5. The van der Waals surface area contributed by atoms with Gasteiger partial charge in [0, 0.05) is 7.05 Å². The van der Waals surface area contributed by atoms with E-state index < -0.39 is 0 Å². The van der Waals surface area contributed by atoms with Gasteiger partial charge in [0.15, 0.2) is 0 Å². The fourth-order valence-corrected chi connectivity index (χ4v) is 1.60. The summed E-state index contributed by atoms with van der Waals surface area (Å²) in [5.74, 6) is 1.65. The Labute approximate surface area is 120 Å². The quantitative estimate of drug-likeness (QED) is 0.697. The van der Waals surface area contributed by atoms with Crippen LogP contribution in [-0.2, 0) is 4.79 Å². The van der Waals surface area contributed by atoms with Crippen molar-refractivity contribution in [1.82, 2.24) is 10.2 Å². The van der Waals surface area contributed by atoms with Crippen LogP contribution in [0, 0.1) is 0 Å². The van der Waals surface area contributed by atoms with E-state index >= 15 is 0 Å². The molecule has 1 amide bonds. The second-order valence-corrected chi connectivity index (χ2v) is 4.52. The van der Waals surface area contributed by atoms with E-state index in [9.17, 15) is 4.79 Å². The van der Waals surface area contributed by atoms with Crippen LogP contribution in [-0.4, -0.2) is 51.2 Å². The molecule has 0 fully saturated rings. The fraction of sp³-hybridized carbons (Fsp3) is 0.533. The standard InChI is InChI=1S/C15H24N2O3/c1-4-9-16-12-15(18)17(2)10-11-20-14-7-5-13(19-3)6-8-14/h5-8,16H,4,9-12H2,1-3H3. The van der Waals surface area contributed by atoms with Crippen LogP contribution in [0.25, 0.3) is 0 Å². The highest BCUT2D eigenvalue weighted by Crippen LogP contribution is 2.16. The number of carbonyl (C=O) groups is 1. The molecule has 1 rings (SSSR count). The van der Waals surface area contributed by atoms with E-state index in [1.54, 1.807) is 19.1 Å². The first-order chi connectivity index (χ1) is 9.67. The SMILES string of the molecule is CCCNCC(=O)N(C)CCOc1ccc(OC)cc1. The van der Waals surface area contributed by atoms with Crippen molar-refractivity contribution in [3.8, 4) is 11.5 Å². The average molecular weight is 280 g/mol. The second-order valence-electron chi connectivity index (χ2n) is 4.52. The van der Waals surface area contributed by atoms with Crippen LogP contribution in [0.4, 0.5) is 0 Å². The Balaban J connectivity index is 2.23. The number of nitrogens with one attached hydrogen (secondary N) is 1. The Bertz CT molecular complexity index is 393. The molecule has 5 heteroatoms. The molecule has 5 nitrogen and oxygen atoms in total. The first kappa shape index (κ1) is 16.3. The van der Waals surface area contributed by atoms with E-state index in [-0.39, 0.29) is 5.91 Å². The van der Waals surface area contributed by atoms with Crippen LogP contribution in [0.2, 0.25) is 0 Å². The van der Waals surface area contributed by atoms with E-state index in [1.807, 2.05) is 24.3 Å². The van der Waals surface area contributed by atoms with Crippen LogP contribution < -0.4 is 14.8 Å². The molecule has 1 N–H and O–H groups in total. The van der Waals surface area contributed by atoms with Gasteiger partial charge in [0.05, 0.1) is 20.2 Å². The zero-order valence-electron chi connectivity index (χ0n) is 12.5. The lowest BCUT2D eigenvalue weighted by molar-refractivity contribution is -0.129. The Morgan fingerprint density at radius 3 is 2.50 bits per heavy atom.